The number of allylic oxidation sites excluding steroid dienone is 6. The average Bonchev–Trinajstić information content (AvgIpc) is 3.64. The van der Waals surface area contributed by atoms with Crippen LogP contribution in [0.3, 0.4) is 0 Å². The number of hydrogen-bond acceptors (Lipinski definition) is 3. The molecule has 3 heteroatoms. The van der Waals surface area contributed by atoms with E-state index < -0.39 is 0 Å². The quantitative estimate of drug-likeness (QED) is 0.156. The van der Waals surface area contributed by atoms with Crippen LogP contribution in [0.2, 0.25) is 0 Å². The first kappa shape index (κ1) is 34.6. The first-order chi connectivity index (χ1) is 28.2. The molecule has 274 valence electrons. The number of para-hydroxylation sites is 1. The molecular weight excluding hydrogens is 691 g/mol. The number of nitrogens with zero attached hydrogens (tertiary/aromatic N) is 3. The Labute approximate surface area is 335 Å². The third-order valence-corrected chi connectivity index (χ3v) is 11.7. The predicted octanol–water partition coefficient (Wildman–Crippen LogP) is 13.9. The van der Waals surface area contributed by atoms with Gasteiger partial charge in [-0.25, -0.2) is 9.97 Å². The van der Waals surface area contributed by atoms with Crippen molar-refractivity contribution in [3.05, 3.63) is 217 Å². The zero-order chi connectivity index (χ0) is 38.1. The Morgan fingerprint density at radius 1 is 0.561 bits per heavy atom. The summed E-state index contributed by atoms with van der Waals surface area (Å²) in [6.07, 6.45) is 18.1. The summed E-state index contributed by atoms with van der Waals surface area (Å²) in [4.78, 5) is 13.0. The number of anilines is 2. The maximum absolute atomic E-state index is 5.29. The van der Waals surface area contributed by atoms with Crippen LogP contribution in [-0.2, 0) is 0 Å². The van der Waals surface area contributed by atoms with Crippen molar-refractivity contribution in [1.29, 1.82) is 0 Å². The third kappa shape index (κ3) is 6.76. The van der Waals surface area contributed by atoms with Gasteiger partial charge in [0.15, 0.2) is 5.82 Å². The summed E-state index contributed by atoms with van der Waals surface area (Å²) >= 11 is 0. The van der Waals surface area contributed by atoms with Gasteiger partial charge in [-0.1, -0.05) is 182 Å². The van der Waals surface area contributed by atoms with Gasteiger partial charge in [0.05, 0.1) is 17.4 Å². The SMILES string of the molecule is CCC1=CC(c2ccc(-c3cc(-c4ccc(-c5cccc(-c6ccccc6)c5)cc4)nc(-c4cccc(N5c6ccccc6C6C=CC=CC65)c4)n3)cc2)CC=C1. The highest BCUT2D eigenvalue weighted by Gasteiger charge is 2.37. The molecule has 3 atom stereocenters. The Hall–Kier alpha value is -6.84. The van der Waals surface area contributed by atoms with Gasteiger partial charge in [-0.2, -0.15) is 0 Å². The van der Waals surface area contributed by atoms with E-state index in [4.69, 9.17) is 9.97 Å². The van der Waals surface area contributed by atoms with Crippen LogP contribution >= 0.6 is 0 Å². The van der Waals surface area contributed by atoms with Gasteiger partial charge in [0.1, 0.15) is 0 Å². The second kappa shape index (κ2) is 15.0. The summed E-state index contributed by atoms with van der Waals surface area (Å²) in [5.74, 6) is 1.43. The largest absolute Gasteiger partial charge is 0.333 e. The number of rotatable bonds is 8. The number of fused-ring (bicyclic) bond motifs is 3. The van der Waals surface area contributed by atoms with Crippen molar-refractivity contribution in [3.8, 4) is 56.2 Å². The highest BCUT2D eigenvalue weighted by Crippen LogP contribution is 2.48. The molecule has 0 spiro atoms. The molecule has 0 fully saturated rings. The van der Waals surface area contributed by atoms with Gasteiger partial charge in [-0.05, 0) is 76.6 Å². The Bertz CT molecular complexity index is 2700. The van der Waals surface area contributed by atoms with E-state index in [0.29, 0.717) is 17.7 Å². The minimum absolute atomic E-state index is 0.221. The molecule has 2 heterocycles. The number of benzene rings is 6. The molecule has 3 unspecified atom stereocenters. The van der Waals surface area contributed by atoms with Crippen LogP contribution in [0.5, 0.6) is 0 Å². The van der Waals surface area contributed by atoms with Crippen LogP contribution < -0.4 is 4.90 Å². The Kier molecular flexibility index (Phi) is 9.12. The summed E-state index contributed by atoms with van der Waals surface area (Å²) in [7, 11) is 0. The molecule has 3 aliphatic rings. The lowest BCUT2D eigenvalue weighted by Gasteiger charge is -2.29. The van der Waals surface area contributed by atoms with Gasteiger partial charge in [-0.15, -0.1) is 0 Å². The molecule has 6 aromatic carbocycles. The fraction of sp³-hybridized carbons (Fsp3) is 0.111. The van der Waals surface area contributed by atoms with Crippen molar-refractivity contribution in [2.75, 3.05) is 4.90 Å². The molecular formula is C54H43N3. The lowest BCUT2D eigenvalue weighted by atomic mass is 9.88. The average molecular weight is 734 g/mol. The summed E-state index contributed by atoms with van der Waals surface area (Å²) in [6.45, 7) is 2.23. The van der Waals surface area contributed by atoms with E-state index in [1.54, 1.807) is 0 Å². The molecule has 57 heavy (non-hydrogen) atoms. The molecule has 0 saturated carbocycles. The second-order valence-corrected chi connectivity index (χ2v) is 15.2. The van der Waals surface area contributed by atoms with Crippen molar-refractivity contribution >= 4 is 11.4 Å². The van der Waals surface area contributed by atoms with E-state index >= 15 is 0 Å². The van der Waals surface area contributed by atoms with E-state index in [0.717, 1.165) is 46.6 Å². The molecule has 0 radical (unpaired) electrons. The molecule has 7 aromatic rings. The monoisotopic (exact) mass is 733 g/mol. The smallest absolute Gasteiger partial charge is 0.160 e. The second-order valence-electron chi connectivity index (χ2n) is 15.2. The van der Waals surface area contributed by atoms with Crippen molar-refractivity contribution < 1.29 is 0 Å². The molecule has 2 aliphatic carbocycles. The maximum Gasteiger partial charge on any atom is 0.160 e. The Balaban J connectivity index is 1.03. The minimum Gasteiger partial charge on any atom is -0.333 e. The van der Waals surface area contributed by atoms with Gasteiger partial charge in [-0.3, -0.25) is 0 Å². The van der Waals surface area contributed by atoms with Gasteiger partial charge < -0.3 is 4.90 Å². The summed E-state index contributed by atoms with van der Waals surface area (Å²) < 4.78 is 0. The van der Waals surface area contributed by atoms with Crippen molar-refractivity contribution in [2.24, 2.45) is 0 Å². The zero-order valence-electron chi connectivity index (χ0n) is 32.0. The highest BCUT2D eigenvalue weighted by atomic mass is 15.2. The Morgan fingerprint density at radius 2 is 1.19 bits per heavy atom. The fourth-order valence-electron chi connectivity index (χ4n) is 8.72. The van der Waals surface area contributed by atoms with Crippen molar-refractivity contribution in [3.63, 3.8) is 0 Å². The van der Waals surface area contributed by atoms with E-state index in [1.165, 1.54) is 44.6 Å². The summed E-state index contributed by atoms with van der Waals surface area (Å²) in [5.41, 5.74) is 16.2. The van der Waals surface area contributed by atoms with Crippen molar-refractivity contribution in [1.82, 2.24) is 9.97 Å². The standard InChI is InChI=1S/C54H43N3/c1-2-37-13-10-16-43(33-37)39-25-29-41(30-26-39)50-36-51(42-31-27-40(28-32-42)45-18-11-17-44(34-45)38-14-4-3-5-15-38)56-54(55-50)46-19-12-20-47(35-46)57-52-23-8-6-21-48(52)49-22-7-9-24-53(49)57/h3-15,17-36,43,48,52H,2,16H2,1H3. The molecule has 1 aliphatic heterocycles. The van der Waals surface area contributed by atoms with Gasteiger partial charge in [0.25, 0.3) is 0 Å². The fourth-order valence-corrected chi connectivity index (χ4v) is 8.72. The number of aromatic nitrogens is 2. The zero-order valence-corrected chi connectivity index (χ0v) is 32.0. The van der Waals surface area contributed by atoms with Crippen LogP contribution in [0.1, 0.15) is 42.7 Å². The predicted molar refractivity (Wildman–Crippen MR) is 237 cm³/mol. The molecule has 3 nitrogen and oxygen atoms in total. The molecule has 0 saturated heterocycles. The van der Waals surface area contributed by atoms with Crippen LogP contribution in [0.25, 0.3) is 56.2 Å². The highest BCUT2D eigenvalue weighted by molar-refractivity contribution is 5.80. The molecule has 1 aromatic heterocycles. The molecule has 10 rings (SSSR count). The molecule has 0 N–H and O–H groups in total. The summed E-state index contributed by atoms with van der Waals surface area (Å²) in [5, 5.41) is 0. The third-order valence-electron chi connectivity index (χ3n) is 11.7. The lowest BCUT2D eigenvalue weighted by molar-refractivity contribution is 0.745. The summed E-state index contributed by atoms with van der Waals surface area (Å²) in [6, 6.07) is 57.0. The van der Waals surface area contributed by atoms with E-state index in [9.17, 15) is 0 Å². The van der Waals surface area contributed by atoms with Gasteiger partial charge in [0, 0.05) is 39.9 Å². The normalized spacial score (nSPS) is 17.9. The van der Waals surface area contributed by atoms with Crippen LogP contribution in [0.4, 0.5) is 11.4 Å². The first-order valence-corrected chi connectivity index (χ1v) is 20.1. The topological polar surface area (TPSA) is 29.0 Å². The van der Waals surface area contributed by atoms with Gasteiger partial charge >= 0.3 is 0 Å². The molecule has 0 bridgehead atoms. The van der Waals surface area contributed by atoms with Gasteiger partial charge in [0.2, 0.25) is 0 Å². The van der Waals surface area contributed by atoms with Crippen LogP contribution in [0, 0.1) is 0 Å². The number of hydrogen-bond donors (Lipinski definition) is 0. The first-order valence-electron chi connectivity index (χ1n) is 20.1. The lowest BCUT2D eigenvalue weighted by Crippen LogP contribution is -2.28. The maximum atomic E-state index is 5.29. The molecule has 0 amide bonds. The van der Waals surface area contributed by atoms with E-state index in [1.807, 2.05) is 0 Å². The Morgan fingerprint density at radius 3 is 1.96 bits per heavy atom. The van der Waals surface area contributed by atoms with Crippen LogP contribution in [-0.4, -0.2) is 16.0 Å². The van der Waals surface area contributed by atoms with Crippen LogP contribution in [0.15, 0.2) is 206 Å². The van der Waals surface area contributed by atoms with E-state index in [2.05, 4.69) is 212 Å². The minimum atomic E-state index is 0.221. The van der Waals surface area contributed by atoms with Crippen molar-refractivity contribution in [2.45, 2.75) is 37.6 Å². The van der Waals surface area contributed by atoms with E-state index in [-0.39, 0.29) is 6.04 Å².